The molecule has 194 valence electrons. The molecule has 38 heavy (non-hydrogen) atoms. The van der Waals surface area contributed by atoms with Crippen LogP contribution in [0.25, 0.3) is 11.4 Å². The molecule has 0 aliphatic carbocycles. The maximum Gasteiger partial charge on any atom is 0.257 e. The summed E-state index contributed by atoms with van der Waals surface area (Å²) in [5.41, 5.74) is 2.49. The molecule has 0 radical (unpaired) electrons. The number of allylic oxidation sites excluding steroid dienone is 1. The van der Waals surface area contributed by atoms with Crippen molar-refractivity contribution in [2.24, 2.45) is 0 Å². The molecular formula is C27H25ClN6O4. The first kappa shape index (κ1) is 25.1. The Labute approximate surface area is 224 Å². The zero-order valence-electron chi connectivity index (χ0n) is 21.2. The van der Waals surface area contributed by atoms with Crippen LogP contribution in [0.15, 0.2) is 72.1 Å². The Balaban J connectivity index is 1.62. The Bertz CT molecular complexity index is 1510. The summed E-state index contributed by atoms with van der Waals surface area (Å²) in [6.45, 7) is 1.82. The van der Waals surface area contributed by atoms with Gasteiger partial charge in [-0.25, -0.2) is 9.67 Å². The average molecular weight is 533 g/mol. The summed E-state index contributed by atoms with van der Waals surface area (Å²) in [6.07, 6.45) is 1.61. The molecular weight excluding hydrogens is 508 g/mol. The van der Waals surface area contributed by atoms with Gasteiger partial charge in [-0.05, 0) is 48.9 Å². The molecule has 2 N–H and O–H groups in total. The number of halogens is 1. The minimum absolute atomic E-state index is 0.325. The van der Waals surface area contributed by atoms with Crippen molar-refractivity contribution in [3.63, 3.8) is 0 Å². The van der Waals surface area contributed by atoms with E-state index < -0.39 is 6.04 Å². The number of anilines is 2. The summed E-state index contributed by atoms with van der Waals surface area (Å²) in [4.78, 5) is 22.5. The number of carbonyl (C=O) groups excluding carboxylic acids is 1. The summed E-state index contributed by atoms with van der Waals surface area (Å²) in [5.74, 6) is 2.38. The van der Waals surface area contributed by atoms with Crippen molar-refractivity contribution < 1.29 is 19.0 Å². The summed E-state index contributed by atoms with van der Waals surface area (Å²) in [6, 6.07) is 15.6. The second-order valence-electron chi connectivity index (χ2n) is 8.41. The van der Waals surface area contributed by atoms with Crippen molar-refractivity contribution in [2.75, 3.05) is 32.0 Å². The minimum Gasteiger partial charge on any atom is -0.493 e. The van der Waals surface area contributed by atoms with E-state index in [4.69, 9.17) is 35.9 Å². The molecule has 1 atom stereocenters. The van der Waals surface area contributed by atoms with Crippen LogP contribution in [-0.4, -0.2) is 47.0 Å². The van der Waals surface area contributed by atoms with Gasteiger partial charge in [-0.15, -0.1) is 5.10 Å². The molecule has 0 saturated heterocycles. The van der Waals surface area contributed by atoms with Crippen LogP contribution in [-0.2, 0) is 4.79 Å². The molecule has 4 aromatic rings. The Morgan fingerprint density at radius 1 is 1.03 bits per heavy atom. The van der Waals surface area contributed by atoms with Crippen LogP contribution in [0.3, 0.4) is 0 Å². The Kier molecular flexibility index (Phi) is 6.89. The van der Waals surface area contributed by atoms with E-state index in [-0.39, 0.29) is 5.91 Å². The van der Waals surface area contributed by atoms with Crippen molar-refractivity contribution in [3.05, 3.63) is 82.7 Å². The summed E-state index contributed by atoms with van der Waals surface area (Å²) in [7, 11) is 4.63. The van der Waals surface area contributed by atoms with Gasteiger partial charge in [0.2, 0.25) is 11.7 Å². The van der Waals surface area contributed by atoms with E-state index in [1.807, 2.05) is 25.1 Å². The number of ether oxygens (including phenoxy) is 3. The van der Waals surface area contributed by atoms with Crippen LogP contribution in [0, 0.1) is 0 Å². The highest BCUT2D eigenvalue weighted by Gasteiger charge is 2.35. The molecule has 1 unspecified atom stereocenters. The lowest BCUT2D eigenvalue weighted by molar-refractivity contribution is -0.113. The number of fused-ring (bicyclic) bond motifs is 1. The molecule has 2 aromatic carbocycles. The number of hydrogen-bond donors (Lipinski definition) is 2. The second kappa shape index (κ2) is 10.4. The first-order valence-electron chi connectivity index (χ1n) is 11.7. The summed E-state index contributed by atoms with van der Waals surface area (Å²) < 4.78 is 18.1. The largest absolute Gasteiger partial charge is 0.493 e. The van der Waals surface area contributed by atoms with Crippen molar-refractivity contribution in [1.82, 2.24) is 19.7 Å². The van der Waals surface area contributed by atoms with Crippen LogP contribution in [0.5, 0.6) is 17.2 Å². The lowest BCUT2D eigenvalue weighted by atomic mass is 9.95. The number of rotatable bonds is 7. The second-order valence-corrected chi connectivity index (χ2v) is 8.84. The molecule has 0 spiro atoms. The van der Waals surface area contributed by atoms with Gasteiger partial charge in [0, 0.05) is 22.5 Å². The van der Waals surface area contributed by atoms with Crippen molar-refractivity contribution in [1.29, 1.82) is 0 Å². The zero-order valence-corrected chi connectivity index (χ0v) is 21.9. The maximum absolute atomic E-state index is 13.6. The molecule has 11 heteroatoms. The highest BCUT2D eigenvalue weighted by Crippen LogP contribution is 2.42. The van der Waals surface area contributed by atoms with E-state index in [0.29, 0.717) is 56.7 Å². The third kappa shape index (κ3) is 4.61. The van der Waals surface area contributed by atoms with Crippen LogP contribution >= 0.6 is 11.6 Å². The van der Waals surface area contributed by atoms with Gasteiger partial charge in [-0.1, -0.05) is 29.8 Å². The average Bonchev–Trinajstić information content (AvgIpc) is 3.35. The normalized spacial score (nSPS) is 14.4. The van der Waals surface area contributed by atoms with Gasteiger partial charge in [-0.2, -0.15) is 4.98 Å². The first-order valence-corrected chi connectivity index (χ1v) is 12.0. The fourth-order valence-corrected chi connectivity index (χ4v) is 4.58. The van der Waals surface area contributed by atoms with Crippen LogP contribution in [0.1, 0.15) is 18.5 Å². The van der Waals surface area contributed by atoms with Gasteiger partial charge in [0.15, 0.2) is 17.3 Å². The fraction of sp³-hybridized carbons (Fsp3) is 0.185. The number of benzene rings is 2. The van der Waals surface area contributed by atoms with Gasteiger partial charge in [-0.3, -0.25) is 4.79 Å². The molecule has 5 rings (SSSR count). The Morgan fingerprint density at radius 3 is 2.42 bits per heavy atom. The van der Waals surface area contributed by atoms with E-state index in [9.17, 15) is 4.79 Å². The molecule has 1 aliphatic heterocycles. The number of pyridine rings is 1. The first-order chi connectivity index (χ1) is 18.4. The predicted octanol–water partition coefficient (Wildman–Crippen LogP) is 4.95. The number of carbonyl (C=O) groups is 1. The van der Waals surface area contributed by atoms with E-state index >= 15 is 0 Å². The van der Waals surface area contributed by atoms with Gasteiger partial charge < -0.3 is 24.8 Å². The molecule has 1 aliphatic rings. The molecule has 0 bridgehead atoms. The maximum atomic E-state index is 13.6. The minimum atomic E-state index is -0.614. The highest BCUT2D eigenvalue weighted by atomic mass is 35.5. The molecule has 1 amide bonds. The van der Waals surface area contributed by atoms with Crippen molar-refractivity contribution in [2.45, 2.75) is 13.0 Å². The van der Waals surface area contributed by atoms with Crippen LogP contribution in [0.2, 0.25) is 5.02 Å². The monoisotopic (exact) mass is 532 g/mol. The van der Waals surface area contributed by atoms with Crippen LogP contribution < -0.4 is 24.8 Å². The zero-order chi connectivity index (χ0) is 26.8. The topological polar surface area (TPSA) is 112 Å². The SMILES string of the molecule is COc1cc(-c2nc3n(n2)C(c2cccc(Cl)c2)C(C(=O)Nc2ccccn2)=C(C)N3)cc(OC)c1OC. The van der Waals surface area contributed by atoms with Gasteiger partial charge in [0.05, 0.1) is 26.9 Å². The molecule has 10 nitrogen and oxygen atoms in total. The van der Waals surface area contributed by atoms with E-state index in [1.165, 1.54) is 0 Å². The van der Waals surface area contributed by atoms with E-state index in [1.54, 1.807) is 68.6 Å². The molecule has 3 heterocycles. The third-order valence-electron chi connectivity index (χ3n) is 6.09. The number of methoxy groups -OCH3 is 3. The number of aromatic nitrogens is 4. The fourth-order valence-electron chi connectivity index (χ4n) is 4.38. The number of amides is 1. The number of hydrogen-bond acceptors (Lipinski definition) is 8. The molecule has 2 aromatic heterocycles. The van der Waals surface area contributed by atoms with Crippen molar-refractivity contribution in [3.8, 4) is 28.6 Å². The van der Waals surface area contributed by atoms with Crippen molar-refractivity contribution >= 4 is 29.3 Å². The summed E-state index contributed by atoms with van der Waals surface area (Å²) in [5, 5.41) is 11.5. The smallest absolute Gasteiger partial charge is 0.257 e. The lowest BCUT2D eigenvalue weighted by Crippen LogP contribution is -2.31. The van der Waals surface area contributed by atoms with Gasteiger partial charge in [0.1, 0.15) is 11.9 Å². The Hall–Kier alpha value is -4.57. The lowest BCUT2D eigenvalue weighted by Gasteiger charge is -2.28. The quantitative estimate of drug-likeness (QED) is 0.344. The number of nitrogens with zero attached hydrogens (tertiary/aromatic N) is 4. The third-order valence-corrected chi connectivity index (χ3v) is 6.33. The van der Waals surface area contributed by atoms with Crippen LogP contribution in [0.4, 0.5) is 11.8 Å². The van der Waals surface area contributed by atoms with E-state index in [0.717, 1.165) is 5.56 Å². The molecule has 0 saturated carbocycles. The van der Waals surface area contributed by atoms with Gasteiger partial charge >= 0.3 is 0 Å². The number of nitrogens with one attached hydrogen (secondary N) is 2. The molecule has 0 fully saturated rings. The highest BCUT2D eigenvalue weighted by molar-refractivity contribution is 6.30. The van der Waals surface area contributed by atoms with Gasteiger partial charge in [0.25, 0.3) is 5.91 Å². The standard InChI is InChI=1S/C27H25ClN6O4/c1-15-22(26(35)31-21-10-5-6-11-29-21)23(16-8-7-9-18(28)12-16)34-27(30-15)32-25(33-34)17-13-19(36-2)24(38-4)20(14-17)37-3/h5-14,23H,1-4H3,(H,29,31,35)(H,30,32,33). The predicted molar refractivity (Wildman–Crippen MR) is 144 cm³/mol. The Morgan fingerprint density at radius 2 is 1.79 bits per heavy atom. The summed E-state index contributed by atoms with van der Waals surface area (Å²) >= 11 is 6.35. The van der Waals surface area contributed by atoms with E-state index in [2.05, 4.69) is 15.6 Å².